The van der Waals surface area contributed by atoms with Crippen LogP contribution in [-0.2, 0) is 34.8 Å². The number of rotatable bonds is 10. The molecule has 2 heterocycles. The summed E-state index contributed by atoms with van der Waals surface area (Å²) in [6.07, 6.45) is 2.54. The smallest absolute Gasteiger partial charge is 0.280 e. The Morgan fingerprint density at radius 1 is 1.24 bits per heavy atom. The Balaban J connectivity index is 1.61. The van der Waals surface area contributed by atoms with E-state index in [0.717, 1.165) is 11.3 Å². The molecular weight excluding hydrogens is 546 g/mol. The minimum Gasteiger partial charge on any atom is -0.497 e. The Morgan fingerprint density at radius 3 is 2.61 bits per heavy atom. The summed E-state index contributed by atoms with van der Waals surface area (Å²) >= 11 is 0. The Bertz CT molecular complexity index is 1440. The number of hydrogen-bond acceptors (Lipinski definition) is 8. The molecule has 1 aliphatic rings. The zero-order chi connectivity index (χ0) is 29.7. The van der Waals surface area contributed by atoms with Gasteiger partial charge < -0.3 is 24.0 Å². The standard InChI is InChI=1S/C29H39N5O6S/c1-20-14-34(21(2)18-35)29(36)13-23-12-24(31-41(37,38)28-17-33(4)19-30-28)8-11-26(23)40-27(20)16-32(3)15-22-6-9-25(39-5)10-7-22/h6-12,17,19-21,27,31,35H,13-16,18H2,1-5H3/t20-,21+,27-/m1/s1. The van der Waals surface area contributed by atoms with Crippen LogP contribution >= 0.6 is 0 Å². The van der Waals surface area contributed by atoms with Crippen molar-refractivity contribution in [2.45, 2.75) is 44.0 Å². The fourth-order valence-corrected chi connectivity index (χ4v) is 5.89. The zero-order valence-corrected chi connectivity index (χ0v) is 25.0. The summed E-state index contributed by atoms with van der Waals surface area (Å²) < 4.78 is 41.7. The van der Waals surface area contributed by atoms with Crippen LogP contribution in [0.4, 0.5) is 5.69 Å². The van der Waals surface area contributed by atoms with Crippen LogP contribution in [0.3, 0.4) is 0 Å². The van der Waals surface area contributed by atoms with Gasteiger partial charge in [-0.25, -0.2) is 4.98 Å². The predicted molar refractivity (Wildman–Crippen MR) is 155 cm³/mol. The van der Waals surface area contributed by atoms with Gasteiger partial charge in [0.1, 0.15) is 17.6 Å². The van der Waals surface area contributed by atoms with Crippen molar-refractivity contribution in [1.82, 2.24) is 19.4 Å². The third-order valence-electron chi connectivity index (χ3n) is 7.23. The van der Waals surface area contributed by atoms with Gasteiger partial charge in [-0.2, -0.15) is 8.42 Å². The van der Waals surface area contributed by atoms with Gasteiger partial charge in [-0.15, -0.1) is 0 Å². The van der Waals surface area contributed by atoms with Crippen molar-refractivity contribution < 1.29 is 27.8 Å². The van der Waals surface area contributed by atoms with Crippen LogP contribution in [-0.4, -0.2) is 84.8 Å². The summed E-state index contributed by atoms with van der Waals surface area (Å²) in [4.78, 5) is 21.2. The summed E-state index contributed by atoms with van der Waals surface area (Å²) in [5.74, 6) is 1.10. The van der Waals surface area contributed by atoms with Crippen LogP contribution < -0.4 is 14.2 Å². The predicted octanol–water partition coefficient (Wildman–Crippen LogP) is 2.51. The molecule has 0 bridgehead atoms. The Morgan fingerprint density at radius 2 is 1.98 bits per heavy atom. The van der Waals surface area contributed by atoms with Crippen molar-refractivity contribution >= 4 is 21.6 Å². The van der Waals surface area contributed by atoms with Crippen molar-refractivity contribution in [1.29, 1.82) is 0 Å². The van der Waals surface area contributed by atoms with Gasteiger partial charge in [0, 0.05) is 50.0 Å². The average molecular weight is 586 g/mol. The van der Waals surface area contributed by atoms with E-state index in [4.69, 9.17) is 9.47 Å². The lowest BCUT2D eigenvalue weighted by Crippen LogP contribution is -2.47. The molecule has 4 rings (SSSR count). The zero-order valence-electron chi connectivity index (χ0n) is 24.1. The first-order chi connectivity index (χ1) is 19.5. The van der Waals surface area contributed by atoms with Crippen molar-refractivity contribution in [2.24, 2.45) is 13.0 Å². The van der Waals surface area contributed by atoms with E-state index in [1.807, 2.05) is 45.2 Å². The molecule has 41 heavy (non-hydrogen) atoms. The number of likely N-dealkylation sites (N-methyl/N-ethyl adjacent to an activating group) is 1. The molecule has 3 aromatic rings. The van der Waals surface area contributed by atoms with E-state index in [9.17, 15) is 18.3 Å². The maximum atomic E-state index is 13.5. The van der Waals surface area contributed by atoms with E-state index in [1.54, 1.807) is 41.8 Å². The number of benzene rings is 2. The first-order valence-electron chi connectivity index (χ1n) is 13.5. The number of nitrogens with one attached hydrogen (secondary N) is 1. The Labute approximate surface area is 241 Å². The van der Waals surface area contributed by atoms with Crippen LogP contribution in [0.1, 0.15) is 25.0 Å². The molecule has 0 radical (unpaired) electrons. The lowest BCUT2D eigenvalue weighted by Gasteiger charge is -2.34. The number of aryl methyl sites for hydroxylation is 1. The first-order valence-corrected chi connectivity index (χ1v) is 15.0. The molecule has 0 saturated carbocycles. The van der Waals surface area contributed by atoms with Crippen LogP contribution in [0.15, 0.2) is 60.0 Å². The summed E-state index contributed by atoms with van der Waals surface area (Å²) in [6, 6.07) is 12.5. The van der Waals surface area contributed by atoms with Crippen molar-refractivity contribution in [3.63, 3.8) is 0 Å². The molecule has 1 amide bonds. The van der Waals surface area contributed by atoms with Crippen molar-refractivity contribution in [3.8, 4) is 11.5 Å². The second-order valence-corrected chi connectivity index (χ2v) is 12.4. The van der Waals surface area contributed by atoms with E-state index in [0.29, 0.717) is 36.6 Å². The van der Waals surface area contributed by atoms with Gasteiger partial charge >= 0.3 is 0 Å². The summed E-state index contributed by atoms with van der Waals surface area (Å²) in [5.41, 5.74) is 1.98. The number of anilines is 1. The second-order valence-electron chi connectivity index (χ2n) is 10.7. The quantitative estimate of drug-likeness (QED) is 0.372. The molecule has 3 atom stereocenters. The number of aromatic nitrogens is 2. The molecule has 2 N–H and O–H groups in total. The lowest BCUT2D eigenvalue weighted by molar-refractivity contribution is -0.134. The number of sulfonamides is 1. The van der Waals surface area contributed by atoms with Gasteiger partial charge in [0.25, 0.3) is 10.0 Å². The highest BCUT2D eigenvalue weighted by Crippen LogP contribution is 2.30. The summed E-state index contributed by atoms with van der Waals surface area (Å²) in [6.45, 7) is 5.36. The number of ether oxygens (including phenoxy) is 2. The normalized spacial score (nSPS) is 18.6. The highest BCUT2D eigenvalue weighted by atomic mass is 32.2. The number of carbonyl (C=O) groups is 1. The number of carbonyl (C=O) groups excluding carboxylic acids is 1. The van der Waals surface area contributed by atoms with Gasteiger partial charge in [-0.1, -0.05) is 19.1 Å². The average Bonchev–Trinajstić information content (AvgIpc) is 3.40. The van der Waals surface area contributed by atoms with Gasteiger partial charge in [0.05, 0.1) is 32.5 Å². The number of aliphatic hydroxyl groups excluding tert-OH is 1. The summed E-state index contributed by atoms with van der Waals surface area (Å²) in [7, 11) is 1.42. The summed E-state index contributed by atoms with van der Waals surface area (Å²) in [5, 5.41) is 9.78. The maximum Gasteiger partial charge on any atom is 0.280 e. The van der Waals surface area contributed by atoms with E-state index >= 15 is 0 Å². The van der Waals surface area contributed by atoms with E-state index in [1.165, 1.54) is 12.5 Å². The molecule has 11 nitrogen and oxygen atoms in total. The Kier molecular flexibility index (Phi) is 9.57. The topological polar surface area (TPSA) is 126 Å². The third kappa shape index (κ3) is 7.57. The minimum absolute atomic E-state index is 0.0000442. The lowest BCUT2D eigenvalue weighted by atomic mass is 10.0. The number of hydrogen-bond donors (Lipinski definition) is 2. The Hall–Kier alpha value is -3.61. The van der Waals surface area contributed by atoms with Gasteiger partial charge in [0.2, 0.25) is 5.91 Å². The van der Waals surface area contributed by atoms with Crippen molar-refractivity contribution in [2.75, 3.05) is 38.6 Å². The second kappa shape index (κ2) is 12.9. The molecule has 1 aliphatic heterocycles. The highest BCUT2D eigenvalue weighted by Gasteiger charge is 2.31. The molecule has 0 unspecified atom stereocenters. The molecule has 1 aromatic heterocycles. The fourth-order valence-electron chi connectivity index (χ4n) is 4.86. The number of fused-ring (bicyclic) bond motifs is 1. The van der Waals surface area contributed by atoms with E-state index in [2.05, 4.69) is 14.6 Å². The molecule has 222 valence electrons. The van der Waals surface area contributed by atoms with Gasteiger partial charge in [-0.05, 0) is 49.9 Å². The van der Waals surface area contributed by atoms with Gasteiger partial charge in [0.15, 0.2) is 5.03 Å². The number of aliphatic hydroxyl groups is 1. The molecule has 12 heteroatoms. The maximum absolute atomic E-state index is 13.5. The fraction of sp³-hybridized carbons (Fsp3) is 0.448. The molecule has 0 saturated heterocycles. The molecule has 0 spiro atoms. The first kappa shape index (κ1) is 30.4. The molecule has 0 aliphatic carbocycles. The monoisotopic (exact) mass is 585 g/mol. The molecule has 2 aromatic carbocycles. The van der Waals surface area contributed by atoms with Crippen LogP contribution in [0.5, 0.6) is 11.5 Å². The third-order valence-corrected chi connectivity index (χ3v) is 8.49. The van der Waals surface area contributed by atoms with Crippen LogP contribution in [0, 0.1) is 5.92 Å². The molecular formula is C29H39N5O6S. The number of nitrogens with zero attached hydrogens (tertiary/aromatic N) is 4. The van der Waals surface area contributed by atoms with Gasteiger partial charge in [-0.3, -0.25) is 14.4 Å². The SMILES string of the molecule is COc1ccc(CN(C)C[C@H]2Oc3ccc(NS(=O)(=O)c4cn(C)cn4)cc3CC(=O)N([C@@H](C)CO)C[C@H]2C)cc1. The van der Waals surface area contributed by atoms with Crippen LogP contribution in [0.25, 0.3) is 0 Å². The largest absolute Gasteiger partial charge is 0.497 e. The van der Waals surface area contributed by atoms with E-state index < -0.39 is 10.0 Å². The minimum atomic E-state index is -3.92. The van der Waals surface area contributed by atoms with Crippen molar-refractivity contribution in [3.05, 3.63) is 66.1 Å². The molecule has 0 fully saturated rings. The highest BCUT2D eigenvalue weighted by molar-refractivity contribution is 7.92. The number of amides is 1. The van der Waals surface area contributed by atoms with E-state index in [-0.39, 0.29) is 42.0 Å². The number of imidazole rings is 1. The van der Waals surface area contributed by atoms with Crippen LogP contribution in [0.2, 0.25) is 0 Å². The number of methoxy groups -OCH3 is 1.